The van der Waals surface area contributed by atoms with Crippen LogP contribution >= 0.6 is 0 Å². The van der Waals surface area contributed by atoms with Crippen molar-refractivity contribution in [3.8, 4) is 5.69 Å². The van der Waals surface area contributed by atoms with E-state index in [4.69, 9.17) is 0 Å². The van der Waals surface area contributed by atoms with Gasteiger partial charge in [0, 0.05) is 17.5 Å². The van der Waals surface area contributed by atoms with E-state index in [1.807, 2.05) is 36.4 Å². The molecule has 0 amide bonds. The fraction of sp³-hybridized carbons (Fsp3) is 0.0455. The SMILES string of the molecule is O=C1CC=Cc2c1c1c3ccccc3ccc1n2-c1ccccc1. The van der Waals surface area contributed by atoms with Gasteiger partial charge in [-0.1, -0.05) is 54.6 Å². The fourth-order valence-electron chi connectivity index (χ4n) is 3.75. The third-order valence-corrected chi connectivity index (χ3v) is 4.77. The lowest BCUT2D eigenvalue weighted by Crippen LogP contribution is -2.05. The standard InChI is InChI=1S/C22H15NO/c24-20-12-6-11-18-22(20)21-17-10-5-4-7-15(17)13-14-19(21)23(18)16-8-2-1-3-9-16/h1-11,13-14H,12H2. The Bertz CT molecular complexity index is 1130. The van der Waals surface area contributed by atoms with E-state index in [9.17, 15) is 4.79 Å². The number of fused-ring (bicyclic) bond motifs is 5. The maximum atomic E-state index is 12.7. The first-order chi connectivity index (χ1) is 11.8. The molecule has 0 radical (unpaired) electrons. The van der Waals surface area contributed by atoms with Gasteiger partial charge >= 0.3 is 0 Å². The Morgan fingerprint density at radius 3 is 2.50 bits per heavy atom. The van der Waals surface area contributed by atoms with Gasteiger partial charge in [0.05, 0.1) is 16.8 Å². The van der Waals surface area contributed by atoms with Gasteiger partial charge in [-0.2, -0.15) is 0 Å². The third kappa shape index (κ3) is 1.74. The second-order valence-electron chi connectivity index (χ2n) is 6.14. The number of benzene rings is 3. The predicted molar refractivity (Wildman–Crippen MR) is 98.8 cm³/mol. The topological polar surface area (TPSA) is 22.0 Å². The summed E-state index contributed by atoms with van der Waals surface area (Å²) in [6.45, 7) is 0. The number of rotatable bonds is 1. The molecule has 0 N–H and O–H groups in total. The monoisotopic (exact) mass is 309 g/mol. The maximum absolute atomic E-state index is 12.7. The van der Waals surface area contributed by atoms with Crippen molar-refractivity contribution in [1.29, 1.82) is 0 Å². The minimum Gasteiger partial charge on any atom is -0.309 e. The van der Waals surface area contributed by atoms with Gasteiger partial charge in [0.2, 0.25) is 0 Å². The van der Waals surface area contributed by atoms with Crippen LogP contribution in [-0.4, -0.2) is 10.4 Å². The van der Waals surface area contributed by atoms with Crippen LogP contribution in [0, 0.1) is 0 Å². The molecule has 0 aliphatic heterocycles. The Balaban J connectivity index is 2.03. The molecule has 1 aromatic heterocycles. The Morgan fingerprint density at radius 2 is 1.62 bits per heavy atom. The quantitative estimate of drug-likeness (QED) is 0.462. The number of allylic oxidation sites excluding steroid dienone is 1. The van der Waals surface area contributed by atoms with E-state index in [1.165, 1.54) is 5.39 Å². The summed E-state index contributed by atoms with van der Waals surface area (Å²) in [5.41, 5.74) is 4.01. The number of carbonyl (C=O) groups is 1. The molecular formula is C22H15NO. The molecule has 0 spiro atoms. The summed E-state index contributed by atoms with van der Waals surface area (Å²) in [5.74, 6) is 0.198. The molecule has 0 atom stereocenters. The molecule has 5 rings (SSSR count). The number of para-hydroxylation sites is 1. The number of nitrogens with zero attached hydrogens (tertiary/aromatic N) is 1. The van der Waals surface area contributed by atoms with Gasteiger partial charge in [0.15, 0.2) is 5.78 Å². The van der Waals surface area contributed by atoms with Crippen molar-refractivity contribution < 1.29 is 4.79 Å². The average molecular weight is 309 g/mol. The molecule has 2 heteroatoms. The lowest BCUT2D eigenvalue weighted by atomic mass is 9.96. The number of aromatic nitrogens is 1. The average Bonchev–Trinajstić information content (AvgIpc) is 2.98. The molecule has 0 saturated heterocycles. The van der Waals surface area contributed by atoms with Gasteiger partial charge in [-0.3, -0.25) is 4.79 Å². The van der Waals surface area contributed by atoms with Crippen LogP contribution in [-0.2, 0) is 0 Å². The smallest absolute Gasteiger partial charge is 0.169 e. The van der Waals surface area contributed by atoms with E-state index in [2.05, 4.69) is 47.0 Å². The molecule has 114 valence electrons. The highest BCUT2D eigenvalue weighted by Gasteiger charge is 2.24. The van der Waals surface area contributed by atoms with Crippen LogP contribution in [0.25, 0.3) is 33.4 Å². The largest absolute Gasteiger partial charge is 0.309 e. The molecule has 1 aliphatic carbocycles. The van der Waals surface area contributed by atoms with E-state index in [0.717, 1.165) is 33.2 Å². The highest BCUT2D eigenvalue weighted by molar-refractivity contribution is 6.21. The van der Waals surface area contributed by atoms with Crippen molar-refractivity contribution in [2.45, 2.75) is 6.42 Å². The second-order valence-corrected chi connectivity index (χ2v) is 6.14. The van der Waals surface area contributed by atoms with Crippen LogP contribution in [0.3, 0.4) is 0 Å². The number of hydrogen-bond donors (Lipinski definition) is 0. The van der Waals surface area contributed by atoms with Crippen molar-refractivity contribution in [2.75, 3.05) is 0 Å². The predicted octanol–water partition coefficient (Wildman–Crippen LogP) is 5.38. The van der Waals surface area contributed by atoms with Crippen molar-refractivity contribution >= 4 is 33.5 Å². The van der Waals surface area contributed by atoms with Crippen LogP contribution in [0.4, 0.5) is 0 Å². The third-order valence-electron chi connectivity index (χ3n) is 4.77. The molecule has 2 nitrogen and oxygen atoms in total. The van der Waals surface area contributed by atoms with E-state index < -0.39 is 0 Å². The summed E-state index contributed by atoms with van der Waals surface area (Å²) in [7, 11) is 0. The second kappa shape index (κ2) is 4.93. The maximum Gasteiger partial charge on any atom is 0.169 e. The fourth-order valence-corrected chi connectivity index (χ4v) is 3.75. The molecule has 0 unspecified atom stereocenters. The van der Waals surface area contributed by atoms with Gasteiger partial charge in [-0.05, 0) is 35.0 Å². The van der Waals surface area contributed by atoms with Crippen molar-refractivity contribution in [3.63, 3.8) is 0 Å². The molecule has 0 fully saturated rings. The van der Waals surface area contributed by atoms with Gasteiger partial charge in [-0.15, -0.1) is 0 Å². The molecular weight excluding hydrogens is 294 g/mol. The number of carbonyl (C=O) groups excluding carboxylic acids is 1. The highest BCUT2D eigenvalue weighted by Crippen LogP contribution is 2.37. The van der Waals surface area contributed by atoms with E-state index >= 15 is 0 Å². The van der Waals surface area contributed by atoms with Gasteiger partial charge in [-0.25, -0.2) is 0 Å². The van der Waals surface area contributed by atoms with Crippen LogP contribution in [0.1, 0.15) is 22.5 Å². The van der Waals surface area contributed by atoms with Crippen molar-refractivity contribution in [2.24, 2.45) is 0 Å². The van der Waals surface area contributed by atoms with E-state index in [0.29, 0.717) is 6.42 Å². The zero-order valence-electron chi connectivity index (χ0n) is 13.1. The van der Waals surface area contributed by atoms with Crippen molar-refractivity contribution in [3.05, 3.63) is 84.1 Å². The van der Waals surface area contributed by atoms with E-state index in [-0.39, 0.29) is 5.78 Å². The summed E-state index contributed by atoms with van der Waals surface area (Å²) in [5, 5.41) is 3.38. The lowest BCUT2D eigenvalue weighted by Gasteiger charge is -2.11. The molecule has 3 aromatic carbocycles. The Hall–Kier alpha value is -3.13. The molecule has 0 bridgehead atoms. The minimum absolute atomic E-state index is 0.198. The summed E-state index contributed by atoms with van der Waals surface area (Å²) in [6, 6.07) is 22.8. The van der Waals surface area contributed by atoms with Gasteiger partial charge in [0.1, 0.15) is 0 Å². The van der Waals surface area contributed by atoms with Crippen LogP contribution in [0.15, 0.2) is 72.8 Å². The van der Waals surface area contributed by atoms with Crippen LogP contribution in [0.2, 0.25) is 0 Å². The van der Waals surface area contributed by atoms with Gasteiger partial charge < -0.3 is 4.57 Å². The molecule has 4 aromatic rings. The minimum atomic E-state index is 0.198. The van der Waals surface area contributed by atoms with Gasteiger partial charge in [0.25, 0.3) is 0 Å². The van der Waals surface area contributed by atoms with Crippen LogP contribution < -0.4 is 0 Å². The summed E-state index contributed by atoms with van der Waals surface area (Å²) in [6.07, 6.45) is 4.52. The van der Waals surface area contributed by atoms with Crippen molar-refractivity contribution in [1.82, 2.24) is 4.57 Å². The first kappa shape index (κ1) is 13.3. The first-order valence-electron chi connectivity index (χ1n) is 8.16. The summed E-state index contributed by atoms with van der Waals surface area (Å²) >= 11 is 0. The number of ketones is 1. The lowest BCUT2D eigenvalue weighted by molar-refractivity contribution is 0.0996. The highest BCUT2D eigenvalue weighted by atomic mass is 16.1. The summed E-state index contributed by atoms with van der Waals surface area (Å²) in [4.78, 5) is 12.7. The summed E-state index contributed by atoms with van der Waals surface area (Å²) < 4.78 is 2.20. The van der Waals surface area contributed by atoms with E-state index in [1.54, 1.807) is 0 Å². The number of Topliss-reactive ketones (excluding diaryl/α,β-unsaturated/α-hetero) is 1. The molecule has 0 saturated carbocycles. The van der Waals surface area contributed by atoms with Crippen LogP contribution in [0.5, 0.6) is 0 Å². The first-order valence-corrected chi connectivity index (χ1v) is 8.16. The Kier molecular flexibility index (Phi) is 2.74. The molecule has 1 heterocycles. The zero-order chi connectivity index (χ0) is 16.1. The number of hydrogen-bond acceptors (Lipinski definition) is 1. The molecule has 24 heavy (non-hydrogen) atoms. The Labute approximate surface area is 139 Å². The zero-order valence-corrected chi connectivity index (χ0v) is 13.1. The normalized spacial score (nSPS) is 13.6. The molecule has 1 aliphatic rings. The Morgan fingerprint density at radius 1 is 0.833 bits per heavy atom.